The minimum absolute atomic E-state index is 0.952. The lowest BCUT2D eigenvalue weighted by molar-refractivity contribution is 0.302. The van der Waals surface area contributed by atoms with E-state index in [1.54, 1.807) is 0 Å². The van der Waals surface area contributed by atoms with Crippen LogP contribution in [-0.4, -0.2) is 50.1 Å². The molecule has 0 radical (unpaired) electrons. The second-order valence-corrected chi connectivity index (χ2v) is 5.64. The number of nitrogens with zero attached hydrogens (tertiary/aromatic N) is 1. The van der Waals surface area contributed by atoms with E-state index in [2.05, 4.69) is 23.5 Å². The Bertz CT molecular complexity index is 147. The summed E-state index contributed by atoms with van der Waals surface area (Å²) >= 11 is 1.94. The van der Waals surface area contributed by atoms with Gasteiger partial charge >= 0.3 is 0 Å². The van der Waals surface area contributed by atoms with E-state index < -0.39 is 0 Å². The summed E-state index contributed by atoms with van der Waals surface area (Å²) in [4.78, 5) is 2.47. The van der Waals surface area contributed by atoms with Gasteiger partial charge in [-0.25, -0.2) is 0 Å². The largest absolute Gasteiger partial charge is 0.316 e. The molecule has 0 aromatic rings. The van der Waals surface area contributed by atoms with Crippen molar-refractivity contribution in [3.63, 3.8) is 0 Å². The monoisotopic (exact) mass is 230 g/mol. The molecule has 1 heterocycles. The smallest absolute Gasteiger partial charge is 0.00692 e. The highest BCUT2D eigenvalue weighted by atomic mass is 32.2. The molecular formula is C12H26N2S. The molecule has 0 aromatic carbocycles. The topological polar surface area (TPSA) is 15.3 Å². The zero-order valence-electron chi connectivity index (χ0n) is 10.3. The van der Waals surface area contributed by atoms with Crippen LogP contribution < -0.4 is 5.32 Å². The number of rotatable bonds is 7. The van der Waals surface area contributed by atoms with Gasteiger partial charge in [-0.15, -0.1) is 0 Å². The fraction of sp³-hybridized carbons (Fsp3) is 1.00. The van der Waals surface area contributed by atoms with Crippen LogP contribution in [0.4, 0.5) is 0 Å². The molecule has 15 heavy (non-hydrogen) atoms. The van der Waals surface area contributed by atoms with Gasteiger partial charge in [0.2, 0.25) is 0 Å². The summed E-state index contributed by atoms with van der Waals surface area (Å²) in [6.07, 6.45) is 7.80. The second kappa shape index (κ2) is 8.43. The highest BCUT2D eigenvalue weighted by Gasteiger charge is 2.12. The van der Waals surface area contributed by atoms with Gasteiger partial charge in [-0.05, 0) is 64.5 Å². The lowest BCUT2D eigenvalue weighted by atomic mass is 9.95. The molecule has 1 fully saturated rings. The first kappa shape index (κ1) is 13.3. The molecular weight excluding hydrogens is 204 g/mol. The number of thioether (sulfide) groups is 1. The molecule has 1 aliphatic heterocycles. The molecule has 1 N–H and O–H groups in total. The Morgan fingerprint density at radius 1 is 1.40 bits per heavy atom. The first-order valence-electron chi connectivity index (χ1n) is 6.21. The molecule has 0 aliphatic carbocycles. The number of hydrogen-bond acceptors (Lipinski definition) is 3. The molecule has 1 rings (SSSR count). The van der Waals surface area contributed by atoms with Gasteiger partial charge in [0.15, 0.2) is 0 Å². The molecule has 90 valence electrons. The molecule has 0 aromatic heterocycles. The van der Waals surface area contributed by atoms with Crippen molar-refractivity contribution in [2.24, 2.45) is 5.92 Å². The van der Waals surface area contributed by atoms with E-state index >= 15 is 0 Å². The normalized spacial score (nSPS) is 22.2. The van der Waals surface area contributed by atoms with E-state index in [-0.39, 0.29) is 0 Å². The van der Waals surface area contributed by atoms with Crippen molar-refractivity contribution in [1.82, 2.24) is 10.2 Å². The summed E-state index contributed by atoms with van der Waals surface area (Å²) in [7, 11) is 2.25. The Morgan fingerprint density at radius 3 is 2.93 bits per heavy atom. The summed E-state index contributed by atoms with van der Waals surface area (Å²) in [5.41, 5.74) is 0. The van der Waals surface area contributed by atoms with Crippen LogP contribution in [-0.2, 0) is 0 Å². The Hall–Kier alpha value is 0.270. The van der Waals surface area contributed by atoms with Gasteiger partial charge in [-0.2, -0.15) is 11.8 Å². The van der Waals surface area contributed by atoms with Gasteiger partial charge in [-0.1, -0.05) is 0 Å². The lowest BCUT2D eigenvalue weighted by Crippen LogP contribution is -2.30. The molecule has 1 unspecified atom stereocenters. The molecule has 2 nitrogen and oxygen atoms in total. The van der Waals surface area contributed by atoms with Gasteiger partial charge in [0, 0.05) is 12.3 Å². The third-order valence-electron chi connectivity index (χ3n) is 3.23. The van der Waals surface area contributed by atoms with Gasteiger partial charge in [0.1, 0.15) is 0 Å². The molecule has 0 bridgehead atoms. The van der Waals surface area contributed by atoms with E-state index in [1.807, 2.05) is 11.8 Å². The van der Waals surface area contributed by atoms with Crippen molar-refractivity contribution >= 4 is 11.8 Å². The van der Waals surface area contributed by atoms with Crippen LogP contribution in [0.15, 0.2) is 0 Å². The molecule has 1 atom stereocenters. The van der Waals surface area contributed by atoms with Crippen LogP contribution in [0.1, 0.15) is 25.7 Å². The predicted molar refractivity (Wildman–Crippen MR) is 70.7 cm³/mol. The van der Waals surface area contributed by atoms with Gasteiger partial charge in [-0.3, -0.25) is 0 Å². The van der Waals surface area contributed by atoms with Crippen molar-refractivity contribution < 1.29 is 0 Å². The first-order chi connectivity index (χ1) is 7.33. The standard InChI is InChI=1S/C12H26N2S/c1-14(9-10-15-2)8-4-6-12-5-3-7-13-11-12/h12-13H,3-11H2,1-2H3. The average Bonchev–Trinajstić information content (AvgIpc) is 2.28. The molecule has 0 spiro atoms. The second-order valence-electron chi connectivity index (χ2n) is 4.65. The van der Waals surface area contributed by atoms with Crippen molar-refractivity contribution in [1.29, 1.82) is 0 Å². The van der Waals surface area contributed by atoms with Gasteiger partial charge in [0.25, 0.3) is 0 Å². The van der Waals surface area contributed by atoms with E-state index in [0.29, 0.717) is 0 Å². The zero-order chi connectivity index (χ0) is 10.9. The van der Waals surface area contributed by atoms with E-state index in [4.69, 9.17) is 0 Å². The SMILES string of the molecule is CSCCN(C)CCCC1CCCNC1. The maximum absolute atomic E-state index is 3.49. The van der Waals surface area contributed by atoms with Crippen molar-refractivity contribution in [2.45, 2.75) is 25.7 Å². The van der Waals surface area contributed by atoms with E-state index in [1.165, 1.54) is 57.6 Å². The number of piperidine rings is 1. The molecule has 3 heteroatoms. The number of nitrogens with one attached hydrogen (secondary N) is 1. The number of hydrogen-bond donors (Lipinski definition) is 1. The van der Waals surface area contributed by atoms with Gasteiger partial charge < -0.3 is 10.2 Å². The Kier molecular flexibility index (Phi) is 7.49. The predicted octanol–water partition coefficient (Wildman–Crippen LogP) is 2.06. The Balaban J connectivity index is 1.94. The van der Waals surface area contributed by atoms with Crippen LogP contribution >= 0.6 is 11.8 Å². The van der Waals surface area contributed by atoms with Crippen molar-refractivity contribution in [2.75, 3.05) is 45.2 Å². The van der Waals surface area contributed by atoms with Gasteiger partial charge in [0.05, 0.1) is 0 Å². The fourth-order valence-corrected chi connectivity index (χ4v) is 2.67. The van der Waals surface area contributed by atoms with Crippen LogP contribution in [0.25, 0.3) is 0 Å². The summed E-state index contributed by atoms with van der Waals surface area (Å²) in [5.74, 6) is 2.22. The van der Waals surface area contributed by atoms with E-state index in [0.717, 1.165) is 5.92 Å². The van der Waals surface area contributed by atoms with Crippen molar-refractivity contribution in [3.8, 4) is 0 Å². The van der Waals surface area contributed by atoms with Crippen LogP contribution in [0.5, 0.6) is 0 Å². The molecule has 1 saturated heterocycles. The van der Waals surface area contributed by atoms with Crippen LogP contribution in [0.3, 0.4) is 0 Å². The van der Waals surface area contributed by atoms with E-state index in [9.17, 15) is 0 Å². The summed E-state index contributed by atoms with van der Waals surface area (Å²) in [6.45, 7) is 5.01. The highest BCUT2D eigenvalue weighted by molar-refractivity contribution is 7.98. The van der Waals surface area contributed by atoms with Crippen LogP contribution in [0, 0.1) is 5.92 Å². The molecule has 0 saturated carbocycles. The Morgan fingerprint density at radius 2 is 2.27 bits per heavy atom. The minimum Gasteiger partial charge on any atom is -0.316 e. The zero-order valence-corrected chi connectivity index (χ0v) is 11.1. The summed E-state index contributed by atoms with van der Waals surface area (Å²) in [6, 6.07) is 0. The minimum atomic E-state index is 0.952. The third kappa shape index (κ3) is 6.44. The summed E-state index contributed by atoms with van der Waals surface area (Å²) in [5, 5.41) is 3.49. The molecule has 1 aliphatic rings. The van der Waals surface area contributed by atoms with Crippen LogP contribution in [0.2, 0.25) is 0 Å². The highest BCUT2D eigenvalue weighted by Crippen LogP contribution is 2.15. The lowest BCUT2D eigenvalue weighted by Gasteiger charge is -2.23. The maximum Gasteiger partial charge on any atom is 0.00692 e. The van der Waals surface area contributed by atoms with Crippen molar-refractivity contribution in [3.05, 3.63) is 0 Å². The molecule has 0 amide bonds. The quantitative estimate of drug-likeness (QED) is 0.721. The third-order valence-corrected chi connectivity index (χ3v) is 3.82. The Labute approximate surface area is 99.2 Å². The maximum atomic E-state index is 3.49. The first-order valence-corrected chi connectivity index (χ1v) is 7.60. The fourth-order valence-electron chi connectivity index (χ4n) is 2.18. The average molecular weight is 230 g/mol. The summed E-state index contributed by atoms with van der Waals surface area (Å²) < 4.78 is 0.